The topological polar surface area (TPSA) is 32.3 Å². The molecule has 0 bridgehead atoms. The van der Waals surface area contributed by atoms with Gasteiger partial charge in [-0.1, -0.05) is 42.0 Å². The van der Waals surface area contributed by atoms with E-state index in [1.807, 2.05) is 4.90 Å². The van der Waals surface area contributed by atoms with Crippen LogP contribution in [-0.4, -0.2) is 17.5 Å². The highest BCUT2D eigenvalue weighted by atomic mass is 19.1. The van der Waals surface area contributed by atoms with Crippen LogP contribution in [0.1, 0.15) is 35.6 Å². The average molecular weight is 312 g/mol. The van der Waals surface area contributed by atoms with Crippen molar-refractivity contribution in [3.63, 3.8) is 0 Å². The summed E-state index contributed by atoms with van der Waals surface area (Å²) in [6.45, 7) is 3.25. The van der Waals surface area contributed by atoms with Gasteiger partial charge in [-0.2, -0.15) is 0 Å². The van der Waals surface area contributed by atoms with Crippen LogP contribution in [0.15, 0.2) is 48.5 Å². The number of aryl methyl sites for hydroxylation is 1. The summed E-state index contributed by atoms with van der Waals surface area (Å²) in [4.78, 5) is 14.4. The number of hydrogen-bond acceptors (Lipinski definition) is 1. The van der Waals surface area contributed by atoms with E-state index in [0.717, 1.165) is 24.9 Å². The number of nitrogens with one attached hydrogen (secondary N) is 1. The first-order valence-electron chi connectivity index (χ1n) is 7.99. The van der Waals surface area contributed by atoms with Crippen LogP contribution in [0.2, 0.25) is 0 Å². The fourth-order valence-corrected chi connectivity index (χ4v) is 3.03. The number of carbonyl (C=O) groups excluding carboxylic acids is 1. The number of halogens is 1. The molecule has 2 amide bonds. The highest BCUT2D eigenvalue weighted by molar-refractivity contribution is 5.75. The Morgan fingerprint density at radius 3 is 2.57 bits per heavy atom. The van der Waals surface area contributed by atoms with Crippen molar-refractivity contribution in [2.75, 3.05) is 6.54 Å². The molecule has 120 valence electrons. The monoisotopic (exact) mass is 312 g/mol. The second kappa shape index (κ2) is 6.82. The standard InChI is InChI=1S/C19H21FN2O/c1-14-4-8-16(9-5-14)18-3-2-12-22(18)19(23)21-13-15-6-10-17(20)11-7-15/h4-11,18H,2-3,12-13H2,1H3,(H,21,23)/t18-/m1/s1. The van der Waals surface area contributed by atoms with Gasteiger partial charge >= 0.3 is 6.03 Å². The van der Waals surface area contributed by atoms with Gasteiger partial charge in [0.15, 0.2) is 0 Å². The number of rotatable bonds is 3. The van der Waals surface area contributed by atoms with Crippen molar-refractivity contribution in [2.24, 2.45) is 0 Å². The van der Waals surface area contributed by atoms with Crippen LogP contribution in [0.25, 0.3) is 0 Å². The molecule has 2 aromatic carbocycles. The maximum atomic E-state index is 12.9. The molecule has 0 aliphatic carbocycles. The molecule has 1 saturated heterocycles. The van der Waals surface area contributed by atoms with Gasteiger partial charge in [-0.15, -0.1) is 0 Å². The number of amides is 2. The summed E-state index contributed by atoms with van der Waals surface area (Å²) in [7, 11) is 0. The lowest BCUT2D eigenvalue weighted by Crippen LogP contribution is -2.39. The fourth-order valence-electron chi connectivity index (χ4n) is 3.03. The number of urea groups is 1. The van der Waals surface area contributed by atoms with Crippen LogP contribution in [0.3, 0.4) is 0 Å². The van der Waals surface area contributed by atoms with E-state index >= 15 is 0 Å². The Bertz CT molecular complexity index is 667. The molecule has 0 radical (unpaired) electrons. The number of carbonyl (C=O) groups is 1. The zero-order chi connectivity index (χ0) is 16.2. The van der Waals surface area contributed by atoms with Gasteiger partial charge in [-0.05, 0) is 43.0 Å². The molecule has 1 atom stereocenters. The lowest BCUT2D eigenvalue weighted by Gasteiger charge is -2.25. The third kappa shape index (κ3) is 3.70. The molecule has 1 aliphatic heterocycles. The zero-order valence-electron chi connectivity index (χ0n) is 13.3. The predicted molar refractivity (Wildman–Crippen MR) is 88.5 cm³/mol. The fraction of sp³-hybridized carbons (Fsp3) is 0.316. The molecule has 0 aromatic heterocycles. The minimum atomic E-state index is -0.265. The molecular formula is C19H21FN2O. The first kappa shape index (κ1) is 15.5. The third-order valence-corrected chi connectivity index (χ3v) is 4.33. The molecule has 0 spiro atoms. The normalized spacial score (nSPS) is 17.3. The summed E-state index contributed by atoms with van der Waals surface area (Å²) in [5.74, 6) is -0.265. The van der Waals surface area contributed by atoms with Crippen molar-refractivity contribution >= 4 is 6.03 Å². The number of nitrogens with zero attached hydrogens (tertiary/aromatic N) is 1. The van der Waals surface area contributed by atoms with Gasteiger partial charge in [0.05, 0.1) is 6.04 Å². The van der Waals surface area contributed by atoms with Gasteiger partial charge < -0.3 is 10.2 Å². The first-order valence-corrected chi connectivity index (χ1v) is 7.99. The lowest BCUT2D eigenvalue weighted by atomic mass is 10.0. The van der Waals surface area contributed by atoms with E-state index in [4.69, 9.17) is 0 Å². The van der Waals surface area contributed by atoms with Crippen LogP contribution in [0, 0.1) is 12.7 Å². The number of likely N-dealkylation sites (tertiary alicyclic amines) is 1. The number of benzene rings is 2. The van der Waals surface area contributed by atoms with E-state index in [-0.39, 0.29) is 17.9 Å². The summed E-state index contributed by atoms with van der Waals surface area (Å²) >= 11 is 0. The van der Waals surface area contributed by atoms with E-state index < -0.39 is 0 Å². The van der Waals surface area contributed by atoms with E-state index in [0.29, 0.717) is 6.54 Å². The van der Waals surface area contributed by atoms with Gasteiger partial charge in [-0.3, -0.25) is 0 Å². The van der Waals surface area contributed by atoms with E-state index in [2.05, 4.69) is 36.5 Å². The molecule has 0 unspecified atom stereocenters. The molecule has 3 rings (SSSR count). The smallest absolute Gasteiger partial charge is 0.318 e. The first-order chi connectivity index (χ1) is 11.1. The quantitative estimate of drug-likeness (QED) is 0.906. The van der Waals surface area contributed by atoms with Crippen molar-refractivity contribution in [1.29, 1.82) is 0 Å². The van der Waals surface area contributed by atoms with Crippen molar-refractivity contribution in [2.45, 2.75) is 32.4 Å². The minimum absolute atomic E-state index is 0.0580. The van der Waals surface area contributed by atoms with Crippen molar-refractivity contribution in [3.8, 4) is 0 Å². The maximum absolute atomic E-state index is 12.9. The molecule has 1 heterocycles. The molecule has 23 heavy (non-hydrogen) atoms. The number of hydrogen-bond donors (Lipinski definition) is 1. The largest absolute Gasteiger partial charge is 0.334 e. The van der Waals surface area contributed by atoms with Gasteiger partial charge in [-0.25, -0.2) is 9.18 Å². The van der Waals surface area contributed by atoms with Crippen LogP contribution < -0.4 is 5.32 Å². The molecular weight excluding hydrogens is 291 g/mol. The van der Waals surface area contributed by atoms with Crippen molar-refractivity contribution in [3.05, 3.63) is 71.0 Å². The van der Waals surface area contributed by atoms with Crippen LogP contribution in [0.4, 0.5) is 9.18 Å². The summed E-state index contributed by atoms with van der Waals surface area (Å²) in [6.07, 6.45) is 2.01. The molecule has 4 heteroatoms. The van der Waals surface area contributed by atoms with Crippen LogP contribution in [0.5, 0.6) is 0 Å². The Kier molecular flexibility index (Phi) is 4.60. The molecule has 1 aliphatic rings. The SMILES string of the molecule is Cc1ccc([C@H]2CCCN2C(=O)NCc2ccc(F)cc2)cc1. The molecule has 1 fully saturated rings. The molecule has 1 N–H and O–H groups in total. The maximum Gasteiger partial charge on any atom is 0.318 e. The van der Waals surface area contributed by atoms with E-state index in [1.54, 1.807) is 12.1 Å². The van der Waals surface area contributed by atoms with Crippen molar-refractivity contribution < 1.29 is 9.18 Å². The highest BCUT2D eigenvalue weighted by Gasteiger charge is 2.29. The Morgan fingerprint density at radius 2 is 1.87 bits per heavy atom. The van der Waals surface area contributed by atoms with Gasteiger partial charge in [0.1, 0.15) is 5.82 Å². The molecule has 3 nitrogen and oxygen atoms in total. The van der Waals surface area contributed by atoms with Gasteiger partial charge in [0.25, 0.3) is 0 Å². The van der Waals surface area contributed by atoms with Crippen molar-refractivity contribution in [1.82, 2.24) is 10.2 Å². The summed E-state index contributed by atoms with van der Waals surface area (Å²) in [5, 5.41) is 2.94. The summed E-state index contributed by atoms with van der Waals surface area (Å²) in [5.41, 5.74) is 3.30. The third-order valence-electron chi connectivity index (χ3n) is 4.33. The molecule has 0 saturated carbocycles. The lowest BCUT2D eigenvalue weighted by molar-refractivity contribution is 0.192. The zero-order valence-corrected chi connectivity index (χ0v) is 13.3. The second-order valence-electron chi connectivity index (χ2n) is 6.05. The predicted octanol–water partition coefficient (Wildman–Crippen LogP) is 4.18. The molecule has 2 aromatic rings. The summed E-state index contributed by atoms with van der Waals surface area (Å²) in [6, 6.07) is 14.7. The second-order valence-corrected chi connectivity index (χ2v) is 6.05. The van der Waals surface area contributed by atoms with Crippen LogP contribution >= 0.6 is 0 Å². The average Bonchev–Trinajstić information content (AvgIpc) is 3.04. The highest BCUT2D eigenvalue weighted by Crippen LogP contribution is 2.31. The van der Waals surface area contributed by atoms with Gasteiger partial charge in [0.2, 0.25) is 0 Å². The van der Waals surface area contributed by atoms with Gasteiger partial charge in [0, 0.05) is 13.1 Å². The Morgan fingerprint density at radius 1 is 1.17 bits per heavy atom. The Hall–Kier alpha value is -2.36. The van der Waals surface area contributed by atoms with E-state index in [1.165, 1.54) is 23.3 Å². The van der Waals surface area contributed by atoms with E-state index in [9.17, 15) is 9.18 Å². The summed E-state index contributed by atoms with van der Waals surface area (Å²) < 4.78 is 12.9. The Balaban J connectivity index is 1.63. The Labute approximate surface area is 136 Å². The minimum Gasteiger partial charge on any atom is -0.334 e. The van der Waals surface area contributed by atoms with Crippen LogP contribution in [-0.2, 0) is 6.54 Å².